The molecule has 1 aromatic rings. The maximum Gasteiger partial charge on any atom is 0.337 e. The number of anilines is 1. The maximum absolute atomic E-state index is 13.0. The van der Waals surface area contributed by atoms with Crippen molar-refractivity contribution in [2.45, 2.75) is 11.7 Å². The topological polar surface area (TPSA) is 129 Å². The Morgan fingerprint density at radius 3 is 2.05 bits per heavy atom. The average Bonchev–Trinajstić information content (AvgIpc) is 2.79. The molecule has 1 unspecified atom stereocenters. The highest BCUT2D eigenvalue weighted by molar-refractivity contribution is 7.87. The van der Waals surface area contributed by atoms with Gasteiger partial charge in [0.15, 0.2) is 0 Å². The molecule has 1 atom stereocenters. The van der Waals surface area contributed by atoms with E-state index < -0.39 is 63.1 Å². The summed E-state index contributed by atoms with van der Waals surface area (Å²) in [5, 5.41) is 16.6. The fraction of sp³-hybridized carbons (Fsp3) is 0.250. The van der Waals surface area contributed by atoms with E-state index in [1.54, 1.807) is 0 Å². The number of rotatable bonds is 4. The lowest BCUT2D eigenvalue weighted by Crippen LogP contribution is -2.30. The minimum absolute atomic E-state index is 0.446. The van der Waals surface area contributed by atoms with Gasteiger partial charge in [-0.15, -0.1) is 3.89 Å². The number of para-hydroxylation sites is 1. The van der Waals surface area contributed by atoms with Gasteiger partial charge in [-0.2, -0.15) is 8.42 Å². The first-order chi connectivity index (χ1) is 10.1. The lowest BCUT2D eigenvalue weighted by molar-refractivity contribution is -0.117. The largest absolute Gasteiger partial charge is 0.478 e. The molecule has 0 aliphatic carbocycles. The van der Waals surface area contributed by atoms with Crippen LogP contribution in [0.15, 0.2) is 18.2 Å². The quantitative estimate of drug-likeness (QED) is 0.768. The number of carboxylic acids is 2. The smallest absolute Gasteiger partial charge is 0.337 e. The molecule has 1 aliphatic heterocycles. The first kappa shape index (κ1) is 15.9. The molecule has 2 rings (SSSR count). The summed E-state index contributed by atoms with van der Waals surface area (Å²) >= 11 is 0. The summed E-state index contributed by atoms with van der Waals surface area (Å²) in [6, 6.07) is 3.34. The van der Waals surface area contributed by atoms with Gasteiger partial charge in [-0.1, -0.05) is 6.07 Å². The Bertz CT molecular complexity index is 741. The van der Waals surface area contributed by atoms with Crippen molar-refractivity contribution in [3.8, 4) is 0 Å². The number of nitrogens with zero attached hydrogens (tertiary/aromatic N) is 1. The van der Waals surface area contributed by atoms with E-state index in [2.05, 4.69) is 0 Å². The standard InChI is InChI=1S/C12H10FNO7S/c13-22(20,21)6-4-9(15)14(5-6)10-7(11(16)17)2-1-3-8(10)12(18)19/h1-3,6H,4-5H2,(H,16,17)(H,18,19). The van der Waals surface area contributed by atoms with Gasteiger partial charge < -0.3 is 15.1 Å². The van der Waals surface area contributed by atoms with Gasteiger partial charge in [-0.3, -0.25) is 4.79 Å². The van der Waals surface area contributed by atoms with Crippen LogP contribution >= 0.6 is 0 Å². The minimum atomic E-state index is -5.00. The SMILES string of the molecule is O=C(O)c1cccc(C(=O)O)c1N1CC(S(=O)(=O)F)CC1=O. The highest BCUT2D eigenvalue weighted by Crippen LogP contribution is 2.32. The summed E-state index contributed by atoms with van der Waals surface area (Å²) in [5.74, 6) is -3.84. The molecule has 1 heterocycles. The number of amides is 1. The Morgan fingerprint density at radius 2 is 1.68 bits per heavy atom. The van der Waals surface area contributed by atoms with E-state index in [1.807, 2.05) is 0 Å². The van der Waals surface area contributed by atoms with Gasteiger partial charge >= 0.3 is 22.2 Å². The molecule has 8 nitrogen and oxygen atoms in total. The zero-order valence-corrected chi connectivity index (χ0v) is 11.7. The molecule has 1 aliphatic rings. The zero-order valence-electron chi connectivity index (χ0n) is 10.9. The lowest BCUT2D eigenvalue weighted by Gasteiger charge is -2.20. The third-order valence-electron chi connectivity index (χ3n) is 3.25. The van der Waals surface area contributed by atoms with Crippen LogP contribution in [0.25, 0.3) is 0 Å². The summed E-state index contributed by atoms with van der Waals surface area (Å²) in [6.07, 6.45) is -0.675. The molecule has 1 aromatic carbocycles. The van der Waals surface area contributed by atoms with Crippen molar-refractivity contribution in [3.63, 3.8) is 0 Å². The predicted octanol–water partition coefficient (Wildman–Crippen LogP) is 0.488. The number of carbonyl (C=O) groups is 3. The zero-order chi connectivity index (χ0) is 16.7. The number of aromatic carboxylic acids is 2. The summed E-state index contributed by atoms with van der Waals surface area (Å²) < 4.78 is 34.9. The van der Waals surface area contributed by atoms with Crippen LogP contribution in [0, 0.1) is 0 Å². The van der Waals surface area contributed by atoms with Crippen molar-refractivity contribution >= 4 is 33.8 Å². The number of benzene rings is 1. The van der Waals surface area contributed by atoms with Crippen molar-refractivity contribution in [1.29, 1.82) is 0 Å². The van der Waals surface area contributed by atoms with E-state index in [4.69, 9.17) is 10.2 Å². The van der Waals surface area contributed by atoms with Crippen LogP contribution in [0.5, 0.6) is 0 Å². The fourth-order valence-electron chi connectivity index (χ4n) is 2.26. The van der Waals surface area contributed by atoms with Gasteiger partial charge in [0.2, 0.25) is 5.91 Å². The van der Waals surface area contributed by atoms with Gasteiger partial charge in [0.25, 0.3) is 0 Å². The van der Waals surface area contributed by atoms with Gasteiger partial charge in [0, 0.05) is 13.0 Å². The third kappa shape index (κ3) is 2.77. The summed E-state index contributed by atoms with van der Waals surface area (Å²) in [6.45, 7) is -0.637. The fourth-order valence-corrected chi connectivity index (χ4v) is 2.93. The van der Waals surface area contributed by atoms with Gasteiger partial charge in [0.05, 0.1) is 16.8 Å². The van der Waals surface area contributed by atoms with Crippen molar-refractivity contribution in [1.82, 2.24) is 0 Å². The van der Waals surface area contributed by atoms with E-state index >= 15 is 0 Å². The summed E-state index contributed by atoms with van der Waals surface area (Å²) in [7, 11) is -5.00. The predicted molar refractivity (Wildman–Crippen MR) is 71.1 cm³/mol. The molecule has 1 saturated heterocycles. The molecule has 0 bridgehead atoms. The molecule has 2 N–H and O–H groups in total. The number of carboxylic acid groups (broad SMARTS) is 2. The van der Waals surface area contributed by atoms with Gasteiger partial charge in [-0.05, 0) is 12.1 Å². The van der Waals surface area contributed by atoms with Crippen LogP contribution in [0.4, 0.5) is 9.57 Å². The number of hydrogen-bond acceptors (Lipinski definition) is 5. The van der Waals surface area contributed by atoms with E-state index in [0.29, 0.717) is 4.90 Å². The maximum atomic E-state index is 13.0. The van der Waals surface area contributed by atoms with Crippen LogP contribution in [-0.4, -0.2) is 48.3 Å². The molecule has 0 saturated carbocycles. The van der Waals surface area contributed by atoms with Crippen LogP contribution in [0.1, 0.15) is 27.1 Å². The van der Waals surface area contributed by atoms with E-state index in [0.717, 1.165) is 12.1 Å². The second kappa shape index (κ2) is 5.37. The van der Waals surface area contributed by atoms with Crippen molar-refractivity contribution in [2.75, 3.05) is 11.4 Å². The number of hydrogen-bond donors (Lipinski definition) is 2. The summed E-state index contributed by atoms with van der Waals surface area (Å²) in [4.78, 5) is 35.0. The second-order valence-corrected chi connectivity index (χ2v) is 6.24. The molecule has 10 heteroatoms. The van der Waals surface area contributed by atoms with E-state index in [9.17, 15) is 26.7 Å². The number of carbonyl (C=O) groups excluding carboxylic acids is 1. The molecule has 0 aromatic heterocycles. The Balaban J connectivity index is 2.59. The minimum Gasteiger partial charge on any atom is -0.478 e. The van der Waals surface area contributed by atoms with Crippen LogP contribution in [0.2, 0.25) is 0 Å². The Kier molecular flexibility index (Phi) is 3.88. The van der Waals surface area contributed by atoms with Gasteiger partial charge in [0.1, 0.15) is 5.25 Å². The van der Waals surface area contributed by atoms with Crippen molar-refractivity contribution < 1.29 is 36.9 Å². The van der Waals surface area contributed by atoms with Crippen molar-refractivity contribution in [2.24, 2.45) is 0 Å². The Labute approximate surface area is 124 Å². The molecule has 118 valence electrons. The monoisotopic (exact) mass is 331 g/mol. The molecule has 0 spiro atoms. The normalized spacial score (nSPS) is 18.5. The first-order valence-electron chi connectivity index (χ1n) is 5.96. The van der Waals surface area contributed by atoms with Crippen LogP contribution < -0.4 is 4.90 Å². The molecule has 1 amide bonds. The van der Waals surface area contributed by atoms with Gasteiger partial charge in [-0.25, -0.2) is 9.59 Å². The highest BCUT2D eigenvalue weighted by atomic mass is 32.3. The average molecular weight is 331 g/mol. The molecular weight excluding hydrogens is 321 g/mol. The Hall–Kier alpha value is -2.49. The highest BCUT2D eigenvalue weighted by Gasteiger charge is 2.41. The first-order valence-corrected chi connectivity index (χ1v) is 7.41. The van der Waals surface area contributed by atoms with Crippen LogP contribution in [0.3, 0.4) is 0 Å². The molecule has 1 fully saturated rings. The molecular formula is C12H10FNO7S. The Morgan fingerprint density at radius 1 is 1.18 bits per heavy atom. The number of halogens is 1. The molecule has 22 heavy (non-hydrogen) atoms. The van der Waals surface area contributed by atoms with Crippen molar-refractivity contribution in [3.05, 3.63) is 29.3 Å². The van der Waals surface area contributed by atoms with E-state index in [-0.39, 0.29) is 0 Å². The lowest BCUT2D eigenvalue weighted by atomic mass is 10.1. The summed E-state index contributed by atoms with van der Waals surface area (Å²) in [5.41, 5.74) is -1.41. The van der Waals surface area contributed by atoms with E-state index in [1.165, 1.54) is 6.07 Å². The van der Waals surface area contributed by atoms with Crippen LogP contribution in [-0.2, 0) is 15.0 Å². The molecule has 0 radical (unpaired) electrons. The second-order valence-electron chi connectivity index (χ2n) is 4.62. The third-order valence-corrected chi connectivity index (χ3v) is 4.37.